The van der Waals surface area contributed by atoms with E-state index in [4.69, 9.17) is 9.84 Å². The predicted octanol–water partition coefficient (Wildman–Crippen LogP) is 1.41. The van der Waals surface area contributed by atoms with E-state index in [9.17, 15) is 19.7 Å². The number of carbonyl (C=O) groups excluding carboxylic acids is 2. The summed E-state index contributed by atoms with van der Waals surface area (Å²) in [6.45, 7) is 1.59. The zero-order valence-electron chi connectivity index (χ0n) is 12.6. The summed E-state index contributed by atoms with van der Waals surface area (Å²) < 4.78 is 5.75. The fourth-order valence-electron chi connectivity index (χ4n) is 2.12. The highest BCUT2D eigenvalue weighted by atomic mass is 79.9. The lowest BCUT2D eigenvalue weighted by Crippen LogP contribution is -2.34. The van der Waals surface area contributed by atoms with Crippen molar-refractivity contribution in [2.24, 2.45) is 0 Å². The summed E-state index contributed by atoms with van der Waals surface area (Å²) in [6, 6.07) is 2.62. The summed E-state index contributed by atoms with van der Waals surface area (Å²) in [5, 5.41) is 22.7. The highest BCUT2D eigenvalue weighted by Crippen LogP contribution is 2.37. The Balaban J connectivity index is 2.36. The molecular weight excluding hydrogens is 386 g/mol. The molecule has 0 fully saturated rings. The van der Waals surface area contributed by atoms with Crippen LogP contribution in [0.1, 0.15) is 6.92 Å². The minimum absolute atomic E-state index is 0.0184. The molecule has 10 heteroatoms. The zero-order chi connectivity index (χ0) is 17.9. The van der Waals surface area contributed by atoms with Gasteiger partial charge in [-0.1, -0.05) is 0 Å². The van der Waals surface area contributed by atoms with Crippen LogP contribution in [0.25, 0.3) is 0 Å². The molecule has 0 saturated heterocycles. The van der Waals surface area contributed by atoms with Crippen LogP contribution < -0.4 is 10.1 Å². The molecule has 0 aromatic heterocycles. The standard InChI is InChI=1S/C14H14BrN3O6/c1-2-24-12-6-9(11(18(22)23)5-8(12)15)16-10-7-13(20)17(3-4-19)14(10)21/h5-7,16,19H,2-4H2,1H3. The van der Waals surface area contributed by atoms with Gasteiger partial charge in [-0.25, -0.2) is 0 Å². The van der Waals surface area contributed by atoms with Crippen molar-refractivity contribution >= 4 is 39.1 Å². The first-order valence-corrected chi connectivity index (χ1v) is 7.74. The molecule has 0 saturated carbocycles. The van der Waals surface area contributed by atoms with Crippen molar-refractivity contribution in [1.82, 2.24) is 4.90 Å². The maximum atomic E-state index is 12.1. The molecule has 0 radical (unpaired) electrons. The lowest BCUT2D eigenvalue weighted by Gasteiger charge is -2.14. The van der Waals surface area contributed by atoms with E-state index in [1.54, 1.807) is 6.92 Å². The molecule has 0 aliphatic carbocycles. The van der Waals surface area contributed by atoms with Crippen LogP contribution in [0.4, 0.5) is 11.4 Å². The van der Waals surface area contributed by atoms with Crippen LogP contribution in [-0.4, -0.2) is 46.5 Å². The second-order valence-corrected chi connectivity index (χ2v) is 5.55. The van der Waals surface area contributed by atoms with Gasteiger partial charge in [0.25, 0.3) is 17.5 Å². The van der Waals surface area contributed by atoms with Crippen molar-refractivity contribution in [3.05, 3.63) is 38.5 Å². The van der Waals surface area contributed by atoms with Crippen LogP contribution >= 0.6 is 15.9 Å². The number of nitro groups is 1. The fourth-order valence-corrected chi connectivity index (χ4v) is 2.56. The Kier molecular flexibility index (Phi) is 5.52. The first-order valence-electron chi connectivity index (χ1n) is 6.95. The minimum Gasteiger partial charge on any atom is -0.493 e. The van der Waals surface area contributed by atoms with Crippen LogP contribution in [0.2, 0.25) is 0 Å². The highest BCUT2D eigenvalue weighted by molar-refractivity contribution is 9.10. The van der Waals surface area contributed by atoms with Gasteiger partial charge in [-0.05, 0) is 22.9 Å². The molecule has 1 aliphatic heterocycles. The second kappa shape index (κ2) is 7.41. The molecule has 0 bridgehead atoms. The van der Waals surface area contributed by atoms with Crippen molar-refractivity contribution in [3.8, 4) is 5.75 Å². The molecule has 2 rings (SSSR count). The SMILES string of the molecule is CCOc1cc(NC2=CC(=O)N(CCO)C2=O)c([N+](=O)[O-])cc1Br. The summed E-state index contributed by atoms with van der Waals surface area (Å²) in [5.74, 6) is -0.902. The number of carbonyl (C=O) groups is 2. The van der Waals surface area contributed by atoms with Gasteiger partial charge in [0, 0.05) is 18.2 Å². The summed E-state index contributed by atoms with van der Waals surface area (Å²) in [7, 11) is 0. The number of β-amino-alcohol motifs (C(OH)–C–C–N with tert-alkyl or cyclic N) is 1. The molecule has 1 aromatic carbocycles. The number of hydrogen-bond acceptors (Lipinski definition) is 7. The minimum atomic E-state index is -0.663. The van der Waals surface area contributed by atoms with Gasteiger partial charge in [0.1, 0.15) is 17.1 Å². The number of rotatable bonds is 7. The Morgan fingerprint density at radius 2 is 2.12 bits per heavy atom. The van der Waals surface area contributed by atoms with E-state index >= 15 is 0 Å². The normalized spacial score (nSPS) is 14.0. The van der Waals surface area contributed by atoms with Gasteiger partial charge in [0.2, 0.25) is 0 Å². The predicted molar refractivity (Wildman–Crippen MR) is 87.5 cm³/mol. The number of nitro benzene ring substituents is 1. The number of ether oxygens (including phenoxy) is 1. The first kappa shape index (κ1) is 17.9. The van der Waals surface area contributed by atoms with E-state index in [2.05, 4.69) is 21.2 Å². The summed E-state index contributed by atoms with van der Waals surface area (Å²) in [5.41, 5.74) is -0.377. The molecule has 2 N–H and O–H groups in total. The number of nitrogens with one attached hydrogen (secondary N) is 1. The molecule has 9 nitrogen and oxygen atoms in total. The Hall–Kier alpha value is -2.46. The molecule has 0 atom stereocenters. The summed E-state index contributed by atoms with van der Waals surface area (Å²) >= 11 is 3.19. The third-order valence-corrected chi connectivity index (χ3v) is 3.77. The van der Waals surface area contributed by atoms with E-state index in [0.29, 0.717) is 16.8 Å². The van der Waals surface area contributed by atoms with Crippen LogP contribution in [0, 0.1) is 10.1 Å². The van der Waals surface area contributed by atoms with E-state index in [1.165, 1.54) is 12.1 Å². The molecule has 1 heterocycles. The topological polar surface area (TPSA) is 122 Å². The van der Waals surface area contributed by atoms with E-state index in [1.807, 2.05) is 0 Å². The lowest BCUT2D eigenvalue weighted by molar-refractivity contribution is -0.384. The third kappa shape index (κ3) is 3.54. The second-order valence-electron chi connectivity index (χ2n) is 4.69. The summed E-state index contributed by atoms with van der Waals surface area (Å²) in [4.78, 5) is 35.3. The van der Waals surface area contributed by atoms with Crippen molar-refractivity contribution in [2.45, 2.75) is 6.92 Å². The number of imide groups is 1. The van der Waals surface area contributed by atoms with Gasteiger partial charge in [-0.15, -0.1) is 0 Å². The van der Waals surface area contributed by atoms with Gasteiger partial charge in [-0.3, -0.25) is 24.6 Å². The van der Waals surface area contributed by atoms with E-state index in [-0.39, 0.29) is 30.2 Å². The maximum absolute atomic E-state index is 12.1. The Morgan fingerprint density at radius 1 is 1.42 bits per heavy atom. The largest absolute Gasteiger partial charge is 0.493 e. The third-order valence-electron chi connectivity index (χ3n) is 3.15. The van der Waals surface area contributed by atoms with E-state index in [0.717, 1.165) is 11.0 Å². The van der Waals surface area contributed by atoms with Gasteiger partial charge in [-0.2, -0.15) is 0 Å². The molecule has 2 amide bonds. The van der Waals surface area contributed by atoms with Crippen molar-refractivity contribution < 1.29 is 24.4 Å². The van der Waals surface area contributed by atoms with E-state index < -0.39 is 16.7 Å². The average molecular weight is 400 g/mol. The Labute approximate surface area is 145 Å². The number of halogens is 1. The Bertz CT molecular complexity index is 733. The van der Waals surface area contributed by atoms with Crippen LogP contribution in [0.3, 0.4) is 0 Å². The highest BCUT2D eigenvalue weighted by Gasteiger charge is 2.32. The number of amides is 2. The van der Waals surface area contributed by atoms with Crippen molar-refractivity contribution in [1.29, 1.82) is 0 Å². The number of hydrogen-bond donors (Lipinski definition) is 2. The smallest absolute Gasteiger partial charge is 0.294 e. The molecule has 1 aromatic rings. The van der Waals surface area contributed by atoms with Gasteiger partial charge < -0.3 is 15.2 Å². The van der Waals surface area contributed by atoms with Crippen molar-refractivity contribution in [2.75, 3.05) is 25.1 Å². The Morgan fingerprint density at radius 3 is 2.71 bits per heavy atom. The van der Waals surface area contributed by atoms with Gasteiger partial charge in [0.15, 0.2) is 0 Å². The van der Waals surface area contributed by atoms with Gasteiger partial charge in [0.05, 0.1) is 29.2 Å². The fraction of sp³-hybridized carbons (Fsp3) is 0.286. The number of nitrogens with zero attached hydrogens (tertiary/aromatic N) is 2. The van der Waals surface area contributed by atoms with Crippen LogP contribution in [-0.2, 0) is 9.59 Å². The zero-order valence-corrected chi connectivity index (χ0v) is 14.2. The number of aliphatic hydroxyl groups excluding tert-OH is 1. The quantitative estimate of drug-likeness (QED) is 0.403. The number of anilines is 1. The van der Waals surface area contributed by atoms with Crippen LogP contribution in [0.15, 0.2) is 28.4 Å². The number of aliphatic hydroxyl groups is 1. The molecule has 24 heavy (non-hydrogen) atoms. The first-order chi connectivity index (χ1) is 11.4. The molecule has 128 valence electrons. The lowest BCUT2D eigenvalue weighted by atomic mass is 10.2. The van der Waals surface area contributed by atoms with Crippen LogP contribution in [0.5, 0.6) is 5.75 Å². The number of benzene rings is 1. The van der Waals surface area contributed by atoms with Gasteiger partial charge >= 0.3 is 0 Å². The van der Waals surface area contributed by atoms with Crippen molar-refractivity contribution in [3.63, 3.8) is 0 Å². The molecule has 1 aliphatic rings. The molecular formula is C14H14BrN3O6. The maximum Gasteiger partial charge on any atom is 0.294 e. The monoisotopic (exact) mass is 399 g/mol. The molecule has 0 spiro atoms. The average Bonchev–Trinajstić information content (AvgIpc) is 2.78. The summed E-state index contributed by atoms with van der Waals surface area (Å²) in [6.07, 6.45) is 1.03. The molecule has 0 unspecified atom stereocenters.